The molecule has 0 atom stereocenters. The van der Waals surface area contributed by atoms with Gasteiger partial charge in [0, 0.05) is 24.3 Å². The van der Waals surface area contributed by atoms with Crippen molar-refractivity contribution in [2.75, 3.05) is 5.73 Å². The molecule has 0 aliphatic heterocycles. The molecule has 8 nitrogen and oxygen atoms in total. The van der Waals surface area contributed by atoms with Gasteiger partial charge in [0.1, 0.15) is 5.82 Å². The zero-order valence-electron chi connectivity index (χ0n) is 18.5. The van der Waals surface area contributed by atoms with E-state index in [9.17, 15) is 9.59 Å². The number of fused-ring (bicyclic) bond motifs is 1. The maximum Gasteiger partial charge on any atom is 0.307 e. The SMILES string of the molecule is Cc1cc2c(N)nccc2c(C)c1CNC(=O)c1cnn(Cc2ccc(CC(=O)O)cc2)c1. The first kappa shape index (κ1) is 22.0. The molecule has 1 amide bonds. The van der Waals surface area contributed by atoms with Crippen molar-refractivity contribution < 1.29 is 14.7 Å². The number of rotatable bonds is 7. The van der Waals surface area contributed by atoms with Crippen molar-refractivity contribution in [1.82, 2.24) is 20.1 Å². The van der Waals surface area contributed by atoms with Crippen molar-refractivity contribution in [3.63, 3.8) is 0 Å². The smallest absolute Gasteiger partial charge is 0.307 e. The van der Waals surface area contributed by atoms with E-state index in [1.54, 1.807) is 35.4 Å². The Labute approximate surface area is 191 Å². The summed E-state index contributed by atoms with van der Waals surface area (Å²) in [6, 6.07) is 11.3. The summed E-state index contributed by atoms with van der Waals surface area (Å²) in [7, 11) is 0. The van der Waals surface area contributed by atoms with Gasteiger partial charge in [-0.3, -0.25) is 14.3 Å². The van der Waals surface area contributed by atoms with E-state index in [2.05, 4.69) is 15.4 Å². The van der Waals surface area contributed by atoms with E-state index in [0.717, 1.165) is 38.6 Å². The minimum atomic E-state index is -0.860. The van der Waals surface area contributed by atoms with Gasteiger partial charge in [0.25, 0.3) is 5.91 Å². The third-order valence-corrected chi connectivity index (χ3v) is 5.76. The van der Waals surface area contributed by atoms with E-state index in [4.69, 9.17) is 10.8 Å². The van der Waals surface area contributed by atoms with Gasteiger partial charge in [-0.05, 0) is 59.2 Å². The number of nitrogen functional groups attached to an aromatic ring is 1. The van der Waals surface area contributed by atoms with Crippen LogP contribution < -0.4 is 11.1 Å². The number of aliphatic carboxylic acids is 1. The second-order valence-corrected chi connectivity index (χ2v) is 8.08. The number of hydrogen-bond donors (Lipinski definition) is 3. The van der Waals surface area contributed by atoms with Crippen molar-refractivity contribution in [2.45, 2.75) is 33.4 Å². The molecule has 4 N–H and O–H groups in total. The van der Waals surface area contributed by atoms with Crippen molar-refractivity contribution in [1.29, 1.82) is 0 Å². The Hall–Kier alpha value is -4.20. The number of carbonyl (C=O) groups excluding carboxylic acids is 1. The first-order valence-corrected chi connectivity index (χ1v) is 10.6. The number of carboxylic acids is 1. The molecule has 0 fully saturated rings. The predicted molar refractivity (Wildman–Crippen MR) is 126 cm³/mol. The van der Waals surface area contributed by atoms with Crippen LogP contribution in [0.15, 0.2) is 55.0 Å². The molecule has 2 aromatic heterocycles. The molecule has 4 rings (SSSR count). The number of nitrogens with one attached hydrogen (secondary N) is 1. The average Bonchev–Trinajstić information content (AvgIpc) is 3.24. The summed E-state index contributed by atoms with van der Waals surface area (Å²) in [5.41, 5.74) is 11.4. The number of carboxylic acid groups (broad SMARTS) is 1. The molecule has 168 valence electrons. The van der Waals surface area contributed by atoms with Crippen LogP contribution in [0, 0.1) is 13.8 Å². The van der Waals surface area contributed by atoms with Crippen LogP contribution in [0.1, 0.15) is 38.2 Å². The average molecular weight is 444 g/mol. The first-order chi connectivity index (χ1) is 15.8. The highest BCUT2D eigenvalue weighted by Gasteiger charge is 2.13. The number of hydrogen-bond acceptors (Lipinski definition) is 5. The fourth-order valence-corrected chi connectivity index (χ4v) is 3.96. The van der Waals surface area contributed by atoms with Gasteiger partial charge >= 0.3 is 5.97 Å². The Morgan fingerprint density at radius 3 is 2.55 bits per heavy atom. The third kappa shape index (κ3) is 4.85. The largest absolute Gasteiger partial charge is 0.481 e. The van der Waals surface area contributed by atoms with Gasteiger partial charge in [-0.25, -0.2) is 4.98 Å². The number of nitrogens with zero attached hydrogens (tertiary/aromatic N) is 3. The van der Waals surface area contributed by atoms with Gasteiger partial charge in [-0.15, -0.1) is 0 Å². The van der Waals surface area contributed by atoms with Gasteiger partial charge < -0.3 is 16.2 Å². The van der Waals surface area contributed by atoms with Crippen LogP contribution in [0.2, 0.25) is 0 Å². The summed E-state index contributed by atoms with van der Waals surface area (Å²) in [5, 5.41) is 18.1. The molecule has 2 heterocycles. The summed E-state index contributed by atoms with van der Waals surface area (Å²) < 4.78 is 1.68. The van der Waals surface area contributed by atoms with Crippen molar-refractivity contribution >= 4 is 28.5 Å². The molecule has 2 aromatic carbocycles. The fourth-order valence-electron chi connectivity index (χ4n) is 3.96. The summed E-state index contributed by atoms with van der Waals surface area (Å²) in [6.07, 6.45) is 4.93. The molecule has 8 heteroatoms. The Balaban J connectivity index is 1.43. The minimum absolute atomic E-state index is 0.00714. The number of anilines is 1. The van der Waals surface area contributed by atoms with Crippen LogP contribution in [0.5, 0.6) is 0 Å². The minimum Gasteiger partial charge on any atom is -0.481 e. The lowest BCUT2D eigenvalue weighted by atomic mass is 9.96. The number of benzene rings is 2. The first-order valence-electron chi connectivity index (χ1n) is 10.6. The fraction of sp³-hybridized carbons (Fsp3) is 0.200. The lowest BCUT2D eigenvalue weighted by Crippen LogP contribution is -2.23. The van der Waals surface area contributed by atoms with Crippen molar-refractivity contribution in [3.8, 4) is 0 Å². The Kier molecular flexibility index (Phi) is 6.08. The Bertz CT molecular complexity index is 1340. The van der Waals surface area contributed by atoms with E-state index in [-0.39, 0.29) is 12.3 Å². The van der Waals surface area contributed by atoms with Crippen LogP contribution in [-0.2, 0) is 24.3 Å². The molecule has 0 saturated heterocycles. The normalized spacial score (nSPS) is 11.0. The van der Waals surface area contributed by atoms with Gasteiger partial charge in [0.05, 0.1) is 24.7 Å². The summed E-state index contributed by atoms with van der Waals surface area (Å²) in [6.45, 7) is 4.90. The molecule has 0 aliphatic rings. The standard InChI is InChI=1S/C25H25N5O3/c1-15-9-21-20(7-8-27-24(21)26)16(2)22(15)12-28-25(33)19-11-29-30(14-19)13-18-5-3-17(4-6-18)10-23(31)32/h3-9,11,14H,10,12-13H2,1-2H3,(H2,26,27)(H,28,33)(H,31,32). The van der Waals surface area contributed by atoms with E-state index < -0.39 is 5.97 Å². The topological polar surface area (TPSA) is 123 Å². The molecule has 0 aliphatic carbocycles. The highest BCUT2D eigenvalue weighted by molar-refractivity contribution is 5.95. The van der Waals surface area contributed by atoms with Crippen molar-refractivity contribution in [2.24, 2.45) is 0 Å². The van der Waals surface area contributed by atoms with Crippen molar-refractivity contribution in [3.05, 3.63) is 88.4 Å². The molecule has 0 spiro atoms. The number of aromatic nitrogens is 3. The number of nitrogens with two attached hydrogens (primary N) is 1. The van der Waals surface area contributed by atoms with Crippen LogP contribution in [0.25, 0.3) is 10.8 Å². The van der Waals surface area contributed by atoms with Crippen LogP contribution in [0.4, 0.5) is 5.82 Å². The predicted octanol–water partition coefficient (Wildman–Crippen LogP) is 3.24. The molecular weight excluding hydrogens is 418 g/mol. The van der Waals surface area contributed by atoms with Gasteiger partial charge in [-0.1, -0.05) is 24.3 Å². The lowest BCUT2D eigenvalue weighted by molar-refractivity contribution is -0.136. The summed E-state index contributed by atoms with van der Waals surface area (Å²) in [5.74, 6) is -0.565. The second-order valence-electron chi connectivity index (χ2n) is 8.08. The van der Waals surface area contributed by atoms with E-state index in [0.29, 0.717) is 24.5 Å². The molecule has 0 radical (unpaired) electrons. The number of amides is 1. The molecule has 0 unspecified atom stereocenters. The van der Waals surface area contributed by atoms with Crippen LogP contribution >= 0.6 is 0 Å². The zero-order chi connectivity index (χ0) is 23.5. The lowest BCUT2D eigenvalue weighted by Gasteiger charge is -2.14. The maximum absolute atomic E-state index is 12.7. The number of pyridine rings is 1. The summed E-state index contributed by atoms with van der Waals surface area (Å²) >= 11 is 0. The third-order valence-electron chi connectivity index (χ3n) is 5.76. The second kappa shape index (κ2) is 9.12. The molecule has 33 heavy (non-hydrogen) atoms. The van der Waals surface area contributed by atoms with Gasteiger partial charge in [-0.2, -0.15) is 5.10 Å². The van der Waals surface area contributed by atoms with Crippen LogP contribution in [0.3, 0.4) is 0 Å². The Morgan fingerprint density at radius 1 is 1.09 bits per heavy atom. The van der Waals surface area contributed by atoms with Gasteiger partial charge in [0.15, 0.2) is 0 Å². The van der Waals surface area contributed by atoms with E-state index in [1.807, 2.05) is 38.1 Å². The molecule has 0 bridgehead atoms. The molecular formula is C25H25N5O3. The maximum atomic E-state index is 12.7. The Morgan fingerprint density at radius 2 is 1.82 bits per heavy atom. The quantitative estimate of drug-likeness (QED) is 0.403. The molecule has 0 saturated carbocycles. The van der Waals surface area contributed by atoms with Gasteiger partial charge in [0.2, 0.25) is 0 Å². The highest BCUT2D eigenvalue weighted by Crippen LogP contribution is 2.27. The van der Waals surface area contributed by atoms with E-state index in [1.165, 1.54) is 0 Å². The summed E-state index contributed by atoms with van der Waals surface area (Å²) in [4.78, 5) is 27.7. The number of aryl methyl sites for hydroxylation is 2. The van der Waals surface area contributed by atoms with Crippen LogP contribution in [-0.4, -0.2) is 31.7 Å². The van der Waals surface area contributed by atoms with E-state index >= 15 is 0 Å². The monoisotopic (exact) mass is 443 g/mol. The number of carbonyl (C=O) groups is 2. The highest BCUT2D eigenvalue weighted by atomic mass is 16.4. The molecule has 4 aromatic rings. The zero-order valence-corrected chi connectivity index (χ0v) is 18.5.